The lowest BCUT2D eigenvalue weighted by Gasteiger charge is -2.29. The molecule has 0 radical (unpaired) electrons. The summed E-state index contributed by atoms with van der Waals surface area (Å²) in [4.78, 5) is 50.9. The average molecular weight is 448 g/mol. The van der Waals surface area contributed by atoms with Gasteiger partial charge in [-0.25, -0.2) is 0 Å². The third kappa shape index (κ3) is 4.88. The van der Waals surface area contributed by atoms with Crippen molar-refractivity contribution in [1.29, 1.82) is 0 Å². The van der Waals surface area contributed by atoms with Crippen LogP contribution < -0.4 is 10.6 Å². The van der Waals surface area contributed by atoms with Crippen LogP contribution in [0.2, 0.25) is 0 Å². The summed E-state index contributed by atoms with van der Waals surface area (Å²) in [5, 5.41) is 5.16. The number of nitrogens with zero attached hydrogens (tertiary/aromatic N) is 1. The van der Waals surface area contributed by atoms with Gasteiger partial charge in [0.05, 0.1) is 6.04 Å². The van der Waals surface area contributed by atoms with Crippen molar-refractivity contribution >= 4 is 23.5 Å². The Morgan fingerprint density at radius 1 is 1.06 bits per heavy atom. The second kappa shape index (κ2) is 8.90. The van der Waals surface area contributed by atoms with E-state index < -0.39 is 11.7 Å². The molecule has 2 aromatic carbocycles. The van der Waals surface area contributed by atoms with Crippen molar-refractivity contribution < 1.29 is 19.2 Å². The van der Waals surface area contributed by atoms with Gasteiger partial charge in [0.1, 0.15) is 0 Å². The molecule has 0 saturated carbocycles. The maximum Gasteiger partial charge on any atom is 0.292 e. The highest BCUT2D eigenvalue weighted by Gasteiger charge is 2.35. The van der Waals surface area contributed by atoms with Crippen molar-refractivity contribution in [3.8, 4) is 0 Å². The minimum Gasteiger partial charge on any atom is -0.345 e. The lowest BCUT2D eigenvalue weighted by molar-refractivity contribution is -0.137. The number of nitrogens with one attached hydrogen (secondary N) is 2. The summed E-state index contributed by atoms with van der Waals surface area (Å²) in [6.45, 7) is 7.69. The van der Waals surface area contributed by atoms with E-state index in [0.29, 0.717) is 31.5 Å². The minimum absolute atomic E-state index is 0.0285. The number of imide groups is 1. The molecule has 1 saturated heterocycles. The van der Waals surface area contributed by atoms with E-state index in [2.05, 4.69) is 36.3 Å². The maximum absolute atomic E-state index is 12.6. The highest BCUT2D eigenvalue weighted by Crippen LogP contribution is 2.29. The first-order valence-electron chi connectivity index (χ1n) is 11.2. The van der Waals surface area contributed by atoms with E-state index in [1.165, 1.54) is 0 Å². The van der Waals surface area contributed by atoms with Gasteiger partial charge >= 0.3 is 0 Å². The molecule has 0 aromatic heterocycles. The fourth-order valence-electron chi connectivity index (χ4n) is 4.44. The number of Topliss-reactive ketones (excluding diaryl/α,β-unsaturated/α-hetero) is 1. The van der Waals surface area contributed by atoms with Crippen LogP contribution in [0.25, 0.3) is 0 Å². The van der Waals surface area contributed by atoms with Gasteiger partial charge in [-0.1, -0.05) is 63.2 Å². The lowest BCUT2D eigenvalue weighted by atomic mass is 9.86. The van der Waals surface area contributed by atoms with Crippen molar-refractivity contribution in [2.45, 2.75) is 64.7 Å². The smallest absolute Gasteiger partial charge is 0.292 e. The second-order valence-corrected chi connectivity index (χ2v) is 9.77. The number of ketones is 1. The third-order valence-corrected chi connectivity index (χ3v) is 6.41. The zero-order valence-electron chi connectivity index (χ0n) is 19.2. The van der Waals surface area contributed by atoms with Crippen LogP contribution in [-0.4, -0.2) is 34.4 Å². The molecule has 0 bridgehead atoms. The Morgan fingerprint density at radius 3 is 2.45 bits per heavy atom. The van der Waals surface area contributed by atoms with E-state index in [9.17, 15) is 19.2 Å². The fourth-order valence-corrected chi connectivity index (χ4v) is 4.44. The molecular formula is C26H29N3O4. The van der Waals surface area contributed by atoms with Gasteiger partial charge in [-0.05, 0) is 34.1 Å². The second-order valence-electron chi connectivity index (χ2n) is 9.77. The molecule has 0 spiro atoms. The monoisotopic (exact) mass is 447 g/mol. The Bertz CT molecular complexity index is 1120. The number of amides is 3. The molecule has 3 amide bonds. The first-order chi connectivity index (χ1) is 15.6. The van der Waals surface area contributed by atoms with Gasteiger partial charge in [0.2, 0.25) is 17.6 Å². The van der Waals surface area contributed by atoms with E-state index >= 15 is 0 Å². The van der Waals surface area contributed by atoms with Gasteiger partial charge in [0.15, 0.2) is 0 Å². The summed E-state index contributed by atoms with van der Waals surface area (Å²) in [5.74, 6) is -1.68. The molecule has 33 heavy (non-hydrogen) atoms. The average Bonchev–Trinajstić information content (AvgIpc) is 3.21. The van der Waals surface area contributed by atoms with Gasteiger partial charge in [-0.2, -0.15) is 0 Å². The number of fused-ring (bicyclic) bond motifs is 1. The SMILES string of the molecule is CC(C)(C)c1ccc(C(=O)C(=O)NCc2cccc3c2CN(C2CCC(=O)NC2=O)C3)cc1. The van der Waals surface area contributed by atoms with Crippen molar-refractivity contribution in [2.24, 2.45) is 0 Å². The quantitative estimate of drug-likeness (QED) is 0.417. The molecule has 7 nitrogen and oxygen atoms in total. The van der Waals surface area contributed by atoms with E-state index in [-0.39, 0.29) is 29.8 Å². The molecule has 1 unspecified atom stereocenters. The molecule has 172 valence electrons. The number of piperidine rings is 1. The Morgan fingerprint density at radius 2 is 1.79 bits per heavy atom. The van der Waals surface area contributed by atoms with Gasteiger partial charge in [-0.15, -0.1) is 0 Å². The first-order valence-corrected chi connectivity index (χ1v) is 11.2. The minimum atomic E-state index is -0.642. The van der Waals surface area contributed by atoms with Crippen LogP contribution in [0.3, 0.4) is 0 Å². The lowest BCUT2D eigenvalue weighted by Crippen LogP contribution is -2.50. The summed E-state index contributed by atoms with van der Waals surface area (Å²) in [7, 11) is 0. The molecule has 2 N–H and O–H groups in total. The molecule has 2 heterocycles. The highest BCUT2D eigenvalue weighted by molar-refractivity contribution is 6.42. The summed E-state index contributed by atoms with van der Waals surface area (Å²) >= 11 is 0. The molecule has 2 aliphatic heterocycles. The standard InChI is InChI=1S/C26H29N3O4/c1-26(2,3)19-9-7-16(8-10-19)23(31)25(33)27-13-17-5-4-6-18-14-29(15-20(17)18)21-11-12-22(30)28-24(21)32/h4-10,21H,11-15H2,1-3H3,(H,27,33)(H,28,30,32). The fraction of sp³-hybridized carbons (Fsp3) is 0.385. The van der Waals surface area contributed by atoms with Gasteiger partial charge in [0.25, 0.3) is 5.91 Å². The van der Waals surface area contributed by atoms with Crippen LogP contribution in [0.15, 0.2) is 42.5 Å². The molecule has 4 rings (SSSR count). The molecule has 2 aromatic rings. The van der Waals surface area contributed by atoms with Crippen LogP contribution in [0.4, 0.5) is 0 Å². The maximum atomic E-state index is 12.6. The van der Waals surface area contributed by atoms with Crippen LogP contribution in [0, 0.1) is 0 Å². The molecule has 2 aliphatic rings. The number of rotatable bonds is 5. The van der Waals surface area contributed by atoms with Crippen molar-refractivity contribution in [1.82, 2.24) is 15.5 Å². The molecule has 1 atom stereocenters. The molecule has 0 aliphatic carbocycles. The Balaban J connectivity index is 1.40. The number of carbonyl (C=O) groups excluding carboxylic acids is 4. The largest absolute Gasteiger partial charge is 0.345 e. The molecular weight excluding hydrogens is 418 g/mol. The van der Waals surface area contributed by atoms with Crippen LogP contribution >= 0.6 is 0 Å². The number of hydrogen-bond donors (Lipinski definition) is 2. The zero-order chi connectivity index (χ0) is 23.8. The van der Waals surface area contributed by atoms with Crippen LogP contribution in [0.1, 0.15) is 66.2 Å². The topological polar surface area (TPSA) is 95.6 Å². The molecule has 1 fully saturated rings. The van der Waals surface area contributed by atoms with Gasteiger partial charge in [-0.3, -0.25) is 29.4 Å². The van der Waals surface area contributed by atoms with Crippen LogP contribution in [-0.2, 0) is 39.4 Å². The van der Waals surface area contributed by atoms with Gasteiger partial charge < -0.3 is 5.32 Å². The third-order valence-electron chi connectivity index (χ3n) is 6.41. The normalized spacial score (nSPS) is 18.6. The van der Waals surface area contributed by atoms with Crippen molar-refractivity contribution in [2.75, 3.05) is 0 Å². The number of carbonyl (C=O) groups is 4. The predicted molar refractivity (Wildman–Crippen MR) is 123 cm³/mol. The summed E-state index contributed by atoms with van der Waals surface area (Å²) in [5.41, 5.74) is 4.51. The predicted octanol–water partition coefficient (Wildman–Crippen LogP) is 2.60. The summed E-state index contributed by atoms with van der Waals surface area (Å²) in [6.07, 6.45) is 0.845. The van der Waals surface area contributed by atoms with E-state index in [1.54, 1.807) is 12.1 Å². The number of benzene rings is 2. The Kier molecular flexibility index (Phi) is 6.17. The van der Waals surface area contributed by atoms with E-state index in [0.717, 1.165) is 22.3 Å². The highest BCUT2D eigenvalue weighted by atomic mass is 16.2. The first kappa shape index (κ1) is 22.9. The van der Waals surface area contributed by atoms with Crippen molar-refractivity contribution in [3.05, 3.63) is 70.3 Å². The molecule has 7 heteroatoms. The Hall–Kier alpha value is -3.32. The summed E-state index contributed by atoms with van der Waals surface area (Å²) < 4.78 is 0. The number of hydrogen-bond acceptors (Lipinski definition) is 5. The van der Waals surface area contributed by atoms with Gasteiger partial charge in [0, 0.05) is 31.6 Å². The Labute approximate surface area is 193 Å². The van der Waals surface area contributed by atoms with Crippen LogP contribution in [0.5, 0.6) is 0 Å². The summed E-state index contributed by atoms with van der Waals surface area (Å²) in [6, 6.07) is 12.7. The van der Waals surface area contributed by atoms with E-state index in [4.69, 9.17) is 0 Å². The van der Waals surface area contributed by atoms with E-state index in [1.807, 2.05) is 30.3 Å². The van der Waals surface area contributed by atoms with Crippen molar-refractivity contribution in [3.63, 3.8) is 0 Å². The zero-order valence-corrected chi connectivity index (χ0v) is 19.2.